The highest BCUT2D eigenvalue weighted by Gasteiger charge is 2.01. The molecule has 5 heteroatoms. The Morgan fingerprint density at radius 3 is 2.88 bits per heavy atom. The summed E-state index contributed by atoms with van der Waals surface area (Å²) >= 11 is 0. The fraction of sp³-hybridized carbons (Fsp3) is 0.667. The molecular formula is C12H22N4O. The number of hydrogen-bond donors (Lipinski definition) is 2. The summed E-state index contributed by atoms with van der Waals surface area (Å²) in [5.74, 6) is 1.24. The van der Waals surface area contributed by atoms with E-state index in [2.05, 4.69) is 27.5 Å². The maximum absolute atomic E-state index is 5.50. The Morgan fingerprint density at radius 1 is 1.35 bits per heavy atom. The molecule has 0 amide bonds. The summed E-state index contributed by atoms with van der Waals surface area (Å²) in [6.07, 6.45) is 2.88. The topological polar surface area (TPSA) is 59.1 Å². The third-order valence-electron chi connectivity index (χ3n) is 2.05. The van der Waals surface area contributed by atoms with Gasteiger partial charge in [-0.05, 0) is 33.4 Å². The number of ether oxygens (including phenoxy) is 1. The van der Waals surface area contributed by atoms with Crippen LogP contribution >= 0.6 is 0 Å². The maximum atomic E-state index is 5.50. The molecule has 0 fully saturated rings. The van der Waals surface area contributed by atoms with Gasteiger partial charge >= 0.3 is 0 Å². The molecule has 0 unspecified atom stereocenters. The highest BCUT2D eigenvalue weighted by molar-refractivity contribution is 5.27. The van der Waals surface area contributed by atoms with Gasteiger partial charge < -0.3 is 15.4 Å². The van der Waals surface area contributed by atoms with Crippen LogP contribution in [0.25, 0.3) is 0 Å². The van der Waals surface area contributed by atoms with Crippen molar-refractivity contribution in [3.8, 4) is 5.88 Å². The zero-order valence-electron chi connectivity index (χ0n) is 10.9. The summed E-state index contributed by atoms with van der Waals surface area (Å²) < 4.78 is 5.50. The van der Waals surface area contributed by atoms with Crippen LogP contribution in [0.5, 0.6) is 5.88 Å². The molecule has 0 aromatic carbocycles. The van der Waals surface area contributed by atoms with Gasteiger partial charge in [0.1, 0.15) is 0 Å². The lowest BCUT2D eigenvalue weighted by atomic mass is 10.4. The number of anilines is 1. The molecule has 17 heavy (non-hydrogen) atoms. The summed E-state index contributed by atoms with van der Waals surface area (Å²) in [4.78, 5) is 8.41. The monoisotopic (exact) mass is 238 g/mol. The van der Waals surface area contributed by atoms with Gasteiger partial charge in [-0.15, -0.1) is 0 Å². The second-order valence-corrected chi connectivity index (χ2v) is 4.02. The van der Waals surface area contributed by atoms with Crippen LogP contribution in [-0.4, -0.2) is 35.7 Å². The quantitative estimate of drug-likeness (QED) is 0.675. The van der Waals surface area contributed by atoms with Gasteiger partial charge in [0.2, 0.25) is 11.8 Å². The lowest BCUT2D eigenvalue weighted by Gasteiger charge is -2.10. The molecule has 1 aromatic rings. The van der Waals surface area contributed by atoms with E-state index in [1.807, 2.05) is 13.8 Å². The van der Waals surface area contributed by atoms with E-state index in [0.717, 1.165) is 26.1 Å². The van der Waals surface area contributed by atoms with Gasteiger partial charge in [0, 0.05) is 18.8 Å². The van der Waals surface area contributed by atoms with Crippen molar-refractivity contribution < 1.29 is 4.74 Å². The Morgan fingerprint density at radius 2 is 2.18 bits per heavy atom. The van der Waals surface area contributed by atoms with Gasteiger partial charge in [-0.3, -0.25) is 0 Å². The zero-order chi connectivity index (χ0) is 12.5. The van der Waals surface area contributed by atoms with Crippen LogP contribution in [0.15, 0.2) is 12.3 Å². The number of nitrogens with zero attached hydrogens (tertiary/aromatic N) is 2. The third-order valence-corrected chi connectivity index (χ3v) is 2.05. The van der Waals surface area contributed by atoms with Crippen molar-refractivity contribution in [3.63, 3.8) is 0 Å². The number of aromatic nitrogens is 2. The first-order valence-electron chi connectivity index (χ1n) is 6.16. The molecule has 0 bridgehead atoms. The minimum Gasteiger partial charge on any atom is -0.475 e. The summed E-state index contributed by atoms with van der Waals surface area (Å²) in [6, 6.07) is 1.77. The van der Waals surface area contributed by atoms with Crippen molar-refractivity contribution in [2.24, 2.45) is 0 Å². The predicted molar refractivity (Wildman–Crippen MR) is 69.4 cm³/mol. The van der Waals surface area contributed by atoms with Crippen LogP contribution in [-0.2, 0) is 0 Å². The molecule has 1 rings (SSSR count). The smallest absolute Gasteiger partial charge is 0.225 e. The first-order valence-corrected chi connectivity index (χ1v) is 6.16. The minimum absolute atomic E-state index is 0.131. The average molecular weight is 238 g/mol. The predicted octanol–water partition coefficient (Wildman–Crippen LogP) is 1.68. The van der Waals surface area contributed by atoms with Gasteiger partial charge in [0.25, 0.3) is 0 Å². The average Bonchev–Trinajstić information content (AvgIpc) is 2.28. The lowest BCUT2D eigenvalue weighted by Crippen LogP contribution is -2.17. The molecule has 2 N–H and O–H groups in total. The van der Waals surface area contributed by atoms with Crippen LogP contribution in [0.3, 0.4) is 0 Å². The van der Waals surface area contributed by atoms with Crippen molar-refractivity contribution in [1.29, 1.82) is 0 Å². The molecule has 0 aliphatic heterocycles. The SMILES string of the molecule is CCNCCCNc1nccc(OC(C)C)n1. The summed E-state index contributed by atoms with van der Waals surface area (Å²) in [6.45, 7) is 8.93. The van der Waals surface area contributed by atoms with E-state index in [1.165, 1.54) is 0 Å². The summed E-state index contributed by atoms with van der Waals surface area (Å²) in [7, 11) is 0. The Hall–Kier alpha value is -1.36. The van der Waals surface area contributed by atoms with Crippen molar-refractivity contribution in [2.45, 2.75) is 33.3 Å². The molecule has 0 atom stereocenters. The van der Waals surface area contributed by atoms with E-state index >= 15 is 0 Å². The molecule has 5 nitrogen and oxygen atoms in total. The van der Waals surface area contributed by atoms with Crippen molar-refractivity contribution in [1.82, 2.24) is 15.3 Å². The number of nitrogens with one attached hydrogen (secondary N) is 2. The van der Waals surface area contributed by atoms with Crippen LogP contribution in [0, 0.1) is 0 Å². The molecular weight excluding hydrogens is 216 g/mol. The number of hydrogen-bond acceptors (Lipinski definition) is 5. The Balaban J connectivity index is 2.32. The van der Waals surface area contributed by atoms with Crippen molar-refractivity contribution in [3.05, 3.63) is 12.3 Å². The van der Waals surface area contributed by atoms with E-state index in [1.54, 1.807) is 12.3 Å². The minimum atomic E-state index is 0.131. The molecule has 1 heterocycles. The summed E-state index contributed by atoms with van der Waals surface area (Å²) in [5.41, 5.74) is 0. The van der Waals surface area contributed by atoms with Crippen molar-refractivity contribution in [2.75, 3.05) is 25.0 Å². The second kappa shape index (κ2) is 7.84. The molecule has 0 saturated heterocycles. The normalized spacial score (nSPS) is 10.6. The Bertz CT molecular complexity index is 317. The molecule has 0 radical (unpaired) electrons. The Kier molecular flexibility index (Phi) is 6.32. The van der Waals surface area contributed by atoms with Crippen LogP contribution in [0.2, 0.25) is 0 Å². The molecule has 96 valence electrons. The van der Waals surface area contributed by atoms with E-state index in [-0.39, 0.29) is 6.10 Å². The van der Waals surface area contributed by atoms with E-state index in [4.69, 9.17) is 4.74 Å². The molecule has 0 aliphatic carbocycles. The maximum Gasteiger partial charge on any atom is 0.225 e. The molecule has 0 aliphatic rings. The molecule has 0 spiro atoms. The summed E-state index contributed by atoms with van der Waals surface area (Å²) in [5, 5.41) is 6.44. The van der Waals surface area contributed by atoms with E-state index in [0.29, 0.717) is 11.8 Å². The van der Waals surface area contributed by atoms with Crippen LogP contribution in [0.4, 0.5) is 5.95 Å². The molecule has 0 saturated carbocycles. The first kappa shape index (κ1) is 13.7. The van der Waals surface area contributed by atoms with E-state index in [9.17, 15) is 0 Å². The fourth-order valence-corrected chi connectivity index (χ4v) is 1.32. The van der Waals surface area contributed by atoms with E-state index < -0.39 is 0 Å². The lowest BCUT2D eigenvalue weighted by molar-refractivity contribution is 0.232. The fourth-order valence-electron chi connectivity index (χ4n) is 1.32. The largest absolute Gasteiger partial charge is 0.475 e. The van der Waals surface area contributed by atoms with Gasteiger partial charge in [-0.2, -0.15) is 4.98 Å². The third kappa shape index (κ3) is 6.06. The highest BCUT2D eigenvalue weighted by Crippen LogP contribution is 2.09. The standard InChI is InChI=1S/C12H22N4O/c1-4-13-7-5-8-14-12-15-9-6-11(16-12)17-10(2)3/h6,9-10,13H,4-5,7-8H2,1-3H3,(H,14,15,16). The van der Waals surface area contributed by atoms with Crippen LogP contribution < -0.4 is 15.4 Å². The van der Waals surface area contributed by atoms with Gasteiger partial charge in [-0.25, -0.2) is 4.98 Å². The zero-order valence-corrected chi connectivity index (χ0v) is 10.9. The van der Waals surface area contributed by atoms with Gasteiger partial charge in [0.15, 0.2) is 0 Å². The Labute approximate surface area is 103 Å². The molecule has 1 aromatic heterocycles. The van der Waals surface area contributed by atoms with Gasteiger partial charge in [-0.1, -0.05) is 6.92 Å². The number of rotatable bonds is 8. The first-order chi connectivity index (χ1) is 8.22. The van der Waals surface area contributed by atoms with Gasteiger partial charge in [0.05, 0.1) is 6.10 Å². The second-order valence-electron chi connectivity index (χ2n) is 4.02. The van der Waals surface area contributed by atoms with Crippen LogP contribution in [0.1, 0.15) is 27.2 Å². The van der Waals surface area contributed by atoms with Crippen molar-refractivity contribution >= 4 is 5.95 Å². The highest BCUT2D eigenvalue weighted by atomic mass is 16.5.